The summed E-state index contributed by atoms with van der Waals surface area (Å²) >= 11 is 19.9. The van der Waals surface area contributed by atoms with E-state index < -0.39 is 0 Å². The SMILES string of the molecule is S=C([S-])N1CCc2ccccc2C1.S=C([S-])N1CCc2ccccc2C1.[Fe+2]. The largest absolute Gasteiger partial charge is 2.00 e. The third-order valence-electron chi connectivity index (χ3n) is 4.78. The van der Waals surface area contributed by atoms with Crippen LogP contribution in [0.4, 0.5) is 0 Å². The predicted octanol–water partition coefficient (Wildman–Crippen LogP) is 3.75. The molecule has 2 nitrogen and oxygen atoms in total. The van der Waals surface area contributed by atoms with Crippen molar-refractivity contribution in [2.45, 2.75) is 25.9 Å². The fraction of sp³-hybridized carbons (Fsp3) is 0.300. The van der Waals surface area contributed by atoms with Crippen LogP contribution < -0.4 is 0 Å². The quantitative estimate of drug-likeness (QED) is 0.325. The second-order valence-corrected chi connectivity index (χ2v) is 8.48. The molecule has 0 aromatic heterocycles. The average Bonchev–Trinajstić information content (AvgIpc) is 2.67. The Morgan fingerprint density at radius 1 is 0.667 bits per heavy atom. The van der Waals surface area contributed by atoms with Crippen molar-refractivity contribution in [3.8, 4) is 0 Å². The molecule has 2 aliphatic rings. The molecule has 0 bridgehead atoms. The summed E-state index contributed by atoms with van der Waals surface area (Å²) in [7, 11) is 0. The molecule has 2 aliphatic heterocycles. The van der Waals surface area contributed by atoms with Crippen LogP contribution in [0.15, 0.2) is 48.5 Å². The summed E-state index contributed by atoms with van der Waals surface area (Å²) in [5.41, 5.74) is 5.59. The van der Waals surface area contributed by atoms with E-state index in [1.165, 1.54) is 22.3 Å². The van der Waals surface area contributed by atoms with Crippen LogP contribution in [0.3, 0.4) is 0 Å². The van der Waals surface area contributed by atoms with Gasteiger partial charge in [-0.15, -0.1) is 0 Å². The number of benzene rings is 2. The Labute approximate surface area is 194 Å². The van der Waals surface area contributed by atoms with Gasteiger partial charge in [-0.2, -0.15) is 0 Å². The monoisotopic (exact) mass is 472 g/mol. The van der Waals surface area contributed by atoms with Gasteiger partial charge in [0, 0.05) is 26.2 Å². The summed E-state index contributed by atoms with van der Waals surface area (Å²) in [6.07, 6.45) is 2.12. The molecule has 0 fully saturated rings. The van der Waals surface area contributed by atoms with Gasteiger partial charge in [0.2, 0.25) is 0 Å². The maximum atomic E-state index is 4.99. The van der Waals surface area contributed by atoms with Crippen LogP contribution in [-0.4, -0.2) is 31.5 Å². The minimum Gasteiger partial charge on any atom is -0.411 e. The van der Waals surface area contributed by atoms with Crippen LogP contribution in [0.1, 0.15) is 22.3 Å². The molecule has 0 atom stereocenters. The number of fused-ring (bicyclic) bond motifs is 2. The van der Waals surface area contributed by atoms with E-state index >= 15 is 0 Å². The molecular weight excluding hydrogens is 452 g/mol. The molecule has 0 amide bonds. The second-order valence-electron chi connectivity index (χ2n) is 6.41. The van der Waals surface area contributed by atoms with Gasteiger partial charge in [-0.3, -0.25) is 0 Å². The Bertz CT molecular complexity index is 745. The fourth-order valence-electron chi connectivity index (χ4n) is 3.30. The van der Waals surface area contributed by atoms with Gasteiger partial charge in [0.1, 0.15) is 0 Å². The van der Waals surface area contributed by atoms with Crippen LogP contribution in [0, 0.1) is 0 Å². The van der Waals surface area contributed by atoms with Gasteiger partial charge < -0.3 is 59.5 Å². The Morgan fingerprint density at radius 3 is 1.33 bits per heavy atom. The predicted molar refractivity (Wildman–Crippen MR) is 121 cm³/mol. The first-order valence-electron chi connectivity index (χ1n) is 8.60. The third-order valence-corrected chi connectivity index (χ3v) is 5.81. The number of thiocarbonyl (C=S) groups is 2. The topological polar surface area (TPSA) is 6.48 Å². The van der Waals surface area contributed by atoms with E-state index in [4.69, 9.17) is 49.7 Å². The van der Waals surface area contributed by atoms with E-state index in [-0.39, 0.29) is 17.1 Å². The smallest absolute Gasteiger partial charge is 0.411 e. The van der Waals surface area contributed by atoms with Crippen molar-refractivity contribution in [2.75, 3.05) is 13.1 Å². The molecule has 2 aromatic carbocycles. The van der Waals surface area contributed by atoms with Crippen LogP contribution in [-0.2, 0) is 68.3 Å². The van der Waals surface area contributed by atoms with Gasteiger partial charge in [0.05, 0.1) is 0 Å². The van der Waals surface area contributed by atoms with Crippen LogP contribution >= 0.6 is 24.4 Å². The van der Waals surface area contributed by atoms with Gasteiger partial charge in [0.15, 0.2) is 0 Å². The summed E-state index contributed by atoms with van der Waals surface area (Å²) in [5, 5.41) is 0. The van der Waals surface area contributed by atoms with Crippen molar-refractivity contribution in [1.82, 2.24) is 9.80 Å². The Morgan fingerprint density at radius 2 is 1.00 bits per heavy atom. The maximum absolute atomic E-state index is 4.99. The standard InChI is InChI=1S/2C10H11NS2.Fe/c2*12-10(13)11-6-5-8-3-1-2-4-9(8)7-11;/h2*1-4H,5-7H2,(H,12,13);/q;;+2/p-2. The summed E-state index contributed by atoms with van der Waals surface area (Å²) in [4.78, 5) is 4.15. The van der Waals surface area contributed by atoms with Crippen LogP contribution in [0.25, 0.3) is 0 Å². The summed E-state index contributed by atoms with van der Waals surface area (Å²) in [6, 6.07) is 17.0. The third kappa shape index (κ3) is 6.08. The zero-order valence-electron chi connectivity index (χ0n) is 14.7. The van der Waals surface area contributed by atoms with Crippen molar-refractivity contribution in [3.63, 3.8) is 0 Å². The van der Waals surface area contributed by atoms with Crippen molar-refractivity contribution in [1.29, 1.82) is 0 Å². The first-order chi connectivity index (χ1) is 12.5. The van der Waals surface area contributed by atoms with Gasteiger partial charge in [0.25, 0.3) is 0 Å². The molecule has 0 saturated carbocycles. The molecule has 2 aromatic rings. The van der Waals surface area contributed by atoms with E-state index in [2.05, 4.69) is 58.3 Å². The number of hydrogen-bond acceptors (Lipinski definition) is 4. The number of nitrogens with zero attached hydrogens (tertiary/aromatic N) is 2. The molecule has 0 unspecified atom stereocenters. The van der Waals surface area contributed by atoms with Crippen molar-refractivity contribution >= 4 is 58.3 Å². The van der Waals surface area contributed by atoms with Crippen molar-refractivity contribution in [2.24, 2.45) is 0 Å². The fourth-order valence-corrected chi connectivity index (χ4v) is 3.93. The second kappa shape index (κ2) is 10.6. The molecular formula is C20H20FeN2S4. The van der Waals surface area contributed by atoms with Gasteiger partial charge in [-0.1, -0.05) is 57.2 Å². The Balaban J connectivity index is 0.000000187. The number of rotatable bonds is 0. The molecule has 0 spiro atoms. The summed E-state index contributed by atoms with van der Waals surface area (Å²) < 4.78 is 1.18. The average molecular weight is 473 g/mol. The molecule has 27 heavy (non-hydrogen) atoms. The molecule has 0 aliphatic carbocycles. The van der Waals surface area contributed by atoms with Gasteiger partial charge >= 0.3 is 17.1 Å². The zero-order chi connectivity index (χ0) is 18.5. The Kier molecular flexibility index (Phi) is 8.86. The molecule has 7 heteroatoms. The molecule has 0 N–H and O–H groups in total. The van der Waals surface area contributed by atoms with E-state index in [1.54, 1.807) is 0 Å². The number of hydrogen-bond donors (Lipinski definition) is 0. The maximum Gasteiger partial charge on any atom is 2.00 e. The van der Waals surface area contributed by atoms with E-state index in [0.29, 0.717) is 8.64 Å². The Hall–Kier alpha value is -0.821. The zero-order valence-corrected chi connectivity index (χ0v) is 19.1. The van der Waals surface area contributed by atoms with Gasteiger partial charge in [-0.05, 0) is 35.1 Å². The van der Waals surface area contributed by atoms with Crippen LogP contribution in [0.5, 0.6) is 0 Å². The first-order valence-corrected chi connectivity index (χ1v) is 10.2. The van der Waals surface area contributed by atoms with Crippen molar-refractivity contribution in [3.05, 3.63) is 70.8 Å². The molecule has 142 valence electrons. The molecule has 4 rings (SSSR count). The normalized spacial score (nSPS) is 14.7. The summed E-state index contributed by atoms with van der Waals surface area (Å²) in [5.74, 6) is 0. The first kappa shape index (κ1) is 22.5. The molecule has 0 radical (unpaired) electrons. The van der Waals surface area contributed by atoms with E-state index in [0.717, 1.165) is 39.0 Å². The minimum absolute atomic E-state index is 0. The minimum atomic E-state index is 0. The van der Waals surface area contributed by atoms with Gasteiger partial charge in [-0.25, -0.2) is 0 Å². The van der Waals surface area contributed by atoms with E-state index in [1.807, 2.05) is 0 Å². The summed E-state index contributed by atoms with van der Waals surface area (Å²) in [6.45, 7) is 3.72. The van der Waals surface area contributed by atoms with Crippen LogP contribution in [0.2, 0.25) is 0 Å². The van der Waals surface area contributed by atoms with E-state index in [9.17, 15) is 0 Å². The molecule has 2 heterocycles. The van der Waals surface area contributed by atoms with Crippen molar-refractivity contribution < 1.29 is 17.1 Å². The molecule has 0 saturated heterocycles.